The number of rotatable bonds is 6. The first-order valence-electron chi connectivity index (χ1n) is 8.06. The zero-order valence-electron chi connectivity index (χ0n) is 14.3. The first-order valence-corrected chi connectivity index (χ1v) is 8.82. The van der Waals surface area contributed by atoms with Crippen LogP contribution in [0, 0.1) is 0 Å². The molecule has 8 heteroatoms. The number of ketones is 1. The Morgan fingerprint density at radius 2 is 1.89 bits per heavy atom. The van der Waals surface area contributed by atoms with Crippen LogP contribution >= 0.6 is 23.2 Å². The number of esters is 1. The summed E-state index contributed by atoms with van der Waals surface area (Å²) < 4.78 is 10.2. The molecule has 0 aromatic heterocycles. The summed E-state index contributed by atoms with van der Waals surface area (Å²) in [5.41, 5.74) is 1.80. The Hall–Kier alpha value is -2.57. The first-order chi connectivity index (χ1) is 12.8. The Balaban J connectivity index is 1.53. The van der Waals surface area contributed by atoms with Gasteiger partial charge in [-0.25, -0.2) is 4.79 Å². The molecule has 0 spiro atoms. The Labute approximate surface area is 165 Å². The van der Waals surface area contributed by atoms with Crippen LogP contribution in [0.15, 0.2) is 36.4 Å². The molecule has 0 radical (unpaired) electrons. The van der Waals surface area contributed by atoms with Crippen LogP contribution in [-0.4, -0.2) is 30.9 Å². The Morgan fingerprint density at radius 1 is 1.11 bits per heavy atom. The molecule has 0 aliphatic carbocycles. The summed E-state index contributed by atoms with van der Waals surface area (Å²) in [5.74, 6) is -1.23. The molecule has 0 saturated carbocycles. The summed E-state index contributed by atoms with van der Waals surface area (Å²) in [4.78, 5) is 35.7. The van der Waals surface area contributed by atoms with Crippen molar-refractivity contribution < 1.29 is 23.9 Å². The van der Waals surface area contributed by atoms with E-state index >= 15 is 0 Å². The molecule has 1 amide bonds. The Kier molecular flexibility index (Phi) is 5.68. The molecule has 0 bridgehead atoms. The number of ether oxygens (including phenoxy) is 2. The van der Waals surface area contributed by atoms with Crippen molar-refractivity contribution in [3.8, 4) is 5.75 Å². The quantitative estimate of drug-likeness (QED) is 0.580. The lowest BCUT2D eigenvalue weighted by Crippen LogP contribution is -2.19. The number of Topliss-reactive ketones (excluding diaryl/α,β-unsaturated/α-hetero) is 1. The van der Waals surface area contributed by atoms with Crippen molar-refractivity contribution >= 4 is 46.5 Å². The number of amides is 1. The summed E-state index contributed by atoms with van der Waals surface area (Å²) in [7, 11) is 0. The third-order valence-corrected chi connectivity index (χ3v) is 4.63. The van der Waals surface area contributed by atoms with E-state index in [1.807, 2.05) is 0 Å². The van der Waals surface area contributed by atoms with E-state index in [0.717, 1.165) is 5.56 Å². The van der Waals surface area contributed by atoms with E-state index in [4.69, 9.17) is 32.7 Å². The maximum absolute atomic E-state index is 12.2. The lowest BCUT2D eigenvalue weighted by molar-refractivity contribution is -0.144. The van der Waals surface area contributed by atoms with Gasteiger partial charge in [0.15, 0.2) is 19.0 Å². The lowest BCUT2D eigenvalue weighted by Gasteiger charge is -2.09. The van der Waals surface area contributed by atoms with Crippen LogP contribution in [0.5, 0.6) is 5.75 Å². The standard InChI is InChI=1S/C19H15Cl2NO5/c1-10-13-6-11(2-4-15(13)22-19(10)25)16(23)8-27-18(24)9-26-17-5-3-12(20)7-14(17)21/h2-7,10H,8-9H2,1H3,(H,22,25)/t10-/m0/s1. The highest BCUT2D eigenvalue weighted by Crippen LogP contribution is 2.32. The van der Waals surface area contributed by atoms with E-state index < -0.39 is 19.2 Å². The van der Waals surface area contributed by atoms with Gasteiger partial charge in [-0.05, 0) is 48.9 Å². The van der Waals surface area contributed by atoms with E-state index in [2.05, 4.69) is 5.32 Å². The van der Waals surface area contributed by atoms with Gasteiger partial charge in [0, 0.05) is 16.3 Å². The predicted molar refractivity (Wildman–Crippen MR) is 101 cm³/mol. The van der Waals surface area contributed by atoms with Crippen molar-refractivity contribution in [2.45, 2.75) is 12.8 Å². The van der Waals surface area contributed by atoms with E-state index in [0.29, 0.717) is 16.3 Å². The smallest absolute Gasteiger partial charge is 0.344 e. The number of hydrogen-bond donors (Lipinski definition) is 1. The lowest BCUT2D eigenvalue weighted by atomic mass is 9.99. The van der Waals surface area contributed by atoms with Crippen LogP contribution in [0.2, 0.25) is 10.0 Å². The van der Waals surface area contributed by atoms with Crippen LogP contribution in [0.1, 0.15) is 28.8 Å². The largest absolute Gasteiger partial charge is 0.480 e. The highest BCUT2D eigenvalue weighted by atomic mass is 35.5. The van der Waals surface area contributed by atoms with E-state index in [1.54, 1.807) is 31.2 Å². The molecule has 27 heavy (non-hydrogen) atoms. The van der Waals surface area contributed by atoms with E-state index in [9.17, 15) is 14.4 Å². The highest BCUT2D eigenvalue weighted by molar-refractivity contribution is 6.35. The van der Waals surface area contributed by atoms with Gasteiger partial charge < -0.3 is 14.8 Å². The number of benzene rings is 2. The predicted octanol–water partition coefficient (Wildman–Crippen LogP) is 3.85. The second-order valence-corrected chi connectivity index (χ2v) is 6.80. The van der Waals surface area contributed by atoms with Crippen molar-refractivity contribution in [1.29, 1.82) is 0 Å². The van der Waals surface area contributed by atoms with Gasteiger partial charge in [0.2, 0.25) is 5.91 Å². The van der Waals surface area contributed by atoms with Gasteiger partial charge in [0.25, 0.3) is 0 Å². The number of hydrogen-bond acceptors (Lipinski definition) is 5. The fourth-order valence-electron chi connectivity index (χ4n) is 2.59. The van der Waals surface area contributed by atoms with E-state index in [-0.39, 0.29) is 28.4 Å². The van der Waals surface area contributed by atoms with Crippen LogP contribution in [0.25, 0.3) is 0 Å². The van der Waals surface area contributed by atoms with Gasteiger partial charge in [0.05, 0.1) is 10.9 Å². The number of nitrogens with one attached hydrogen (secondary N) is 1. The molecular formula is C19H15Cl2NO5. The minimum atomic E-state index is -0.708. The van der Waals surface area contributed by atoms with Crippen molar-refractivity contribution in [3.05, 3.63) is 57.6 Å². The monoisotopic (exact) mass is 407 g/mol. The Morgan fingerprint density at radius 3 is 2.63 bits per heavy atom. The zero-order valence-corrected chi connectivity index (χ0v) is 15.8. The Bertz CT molecular complexity index is 928. The van der Waals surface area contributed by atoms with Crippen molar-refractivity contribution in [2.24, 2.45) is 0 Å². The van der Waals surface area contributed by atoms with Gasteiger partial charge in [-0.1, -0.05) is 23.2 Å². The molecule has 1 N–H and O–H groups in total. The first kappa shape index (κ1) is 19.2. The second-order valence-electron chi connectivity index (χ2n) is 5.96. The zero-order chi connectivity index (χ0) is 19.6. The SMILES string of the molecule is C[C@@H]1C(=O)Nc2ccc(C(=O)COC(=O)COc3ccc(Cl)cc3Cl)cc21. The van der Waals surface area contributed by atoms with Crippen LogP contribution in [-0.2, 0) is 14.3 Å². The third kappa shape index (κ3) is 4.40. The summed E-state index contributed by atoms with van der Waals surface area (Å²) in [6.07, 6.45) is 0. The fraction of sp³-hybridized carbons (Fsp3) is 0.211. The van der Waals surface area contributed by atoms with Crippen molar-refractivity contribution in [3.63, 3.8) is 0 Å². The molecule has 3 rings (SSSR count). The number of halogens is 2. The molecule has 1 aliphatic rings. The fourth-order valence-corrected chi connectivity index (χ4v) is 3.05. The van der Waals surface area contributed by atoms with E-state index in [1.165, 1.54) is 12.1 Å². The molecule has 6 nitrogen and oxygen atoms in total. The summed E-state index contributed by atoms with van der Waals surface area (Å²) >= 11 is 11.7. The minimum Gasteiger partial charge on any atom is -0.480 e. The molecule has 0 unspecified atom stereocenters. The number of fused-ring (bicyclic) bond motifs is 1. The van der Waals surface area contributed by atoms with Crippen molar-refractivity contribution in [1.82, 2.24) is 0 Å². The number of anilines is 1. The van der Waals surface area contributed by atoms with Gasteiger partial charge in [0.1, 0.15) is 5.75 Å². The maximum Gasteiger partial charge on any atom is 0.344 e. The minimum absolute atomic E-state index is 0.112. The highest BCUT2D eigenvalue weighted by Gasteiger charge is 2.27. The van der Waals surface area contributed by atoms with Crippen LogP contribution in [0.3, 0.4) is 0 Å². The average molecular weight is 408 g/mol. The van der Waals surface area contributed by atoms with Crippen LogP contribution < -0.4 is 10.1 Å². The van der Waals surface area contributed by atoms with Gasteiger partial charge >= 0.3 is 5.97 Å². The topological polar surface area (TPSA) is 81.7 Å². The third-order valence-electron chi connectivity index (χ3n) is 4.09. The average Bonchev–Trinajstić information content (AvgIpc) is 2.92. The molecule has 2 aromatic carbocycles. The van der Waals surface area contributed by atoms with Gasteiger partial charge in [-0.3, -0.25) is 9.59 Å². The van der Waals surface area contributed by atoms with Gasteiger partial charge in [-0.2, -0.15) is 0 Å². The summed E-state index contributed by atoms with van der Waals surface area (Å²) in [5, 5.41) is 3.44. The van der Waals surface area contributed by atoms with Crippen LogP contribution in [0.4, 0.5) is 5.69 Å². The molecule has 1 aliphatic heterocycles. The summed E-state index contributed by atoms with van der Waals surface area (Å²) in [6.45, 7) is 0.939. The molecule has 2 aromatic rings. The maximum atomic E-state index is 12.2. The van der Waals surface area contributed by atoms with Crippen molar-refractivity contribution in [2.75, 3.05) is 18.5 Å². The molecular weight excluding hydrogens is 393 g/mol. The molecule has 1 atom stereocenters. The molecule has 0 fully saturated rings. The number of carbonyl (C=O) groups is 3. The summed E-state index contributed by atoms with van der Waals surface area (Å²) in [6, 6.07) is 9.48. The number of carbonyl (C=O) groups excluding carboxylic acids is 3. The normalized spacial score (nSPS) is 15.1. The molecule has 1 heterocycles. The second kappa shape index (κ2) is 7.98. The molecule has 0 saturated heterocycles. The molecule has 140 valence electrons. The van der Waals surface area contributed by atoms with Gasteiger partial charge in [-0.15, -0.1) is 0 Å².